The maximum atomic E-state index is 11.4. The minimum Gasteiger partial charge on any atom is -0.338 e. The normalized spacial score (nSPS) is 11.2. The molecular formula is C12H16N4O2S. The molecule has 1 N–H and O–H groups in total. The molecule has 7 heteroatoms. The Hall–Kier alpha value is -1.63. The van der Waals surface area contributed by atoms with E-state index in [4.69, 9.17) is 4.52 Å². The lowest BCUT2D eigenvalue weighted by molar-refractivity contribution is 0.383. The minimum atomic E-state index is -0.136. The first kappa shape index (κ1) is 13.8. The van der Waals surface area contributed by atoms with Gasteiger partial charge in [-0.2, -0.15) is 4.98 Å². The first-order valence-corrected chi connectivity index (χ1v) is 7.12. The second-order valence-corrected chi connectivity index (χ2v) is 5.35. The molecule has 6 nitrogen and oxygen atoms in total. The summed E-state index contributed by atoms with van der Waals surface area (Å²) in [6.45, 7) is 5.97. The van der Waals surface area contributed by atoms with Gasteiger partial charge in [0.1, 0.15) is 0 Å². The summed E-state index contributed by atoms with van der Waals surface area (Å²) in [5.74, 6) is 1.97. The monoisotopic (exact) mass is 280 g/mol. The summed E-state index contributed by atoms with van der Waals surface area (Å²) in [6, 6.07) is 1.51. The molecule has 0 saturated carbocycles. The Bertz CT molecular complexity index is 606. The highest BCUT2D eigenvalue weighted by molar-refractivity contribution is 7.98. The van der Waals surface area contributed by atoms with Crippen LogP contribution in [0, 0.1) is 0 Å². The van der Waals surface area contributed by atoms with Gasteiger partial charge in [-0.05, 0) is 6.42 Å². The molecule has 0 atom stereocenters. The van der Waals surface area contributed by atoms with Gasteiger partial charge in [-0.25, -0.2) is 4.98 Å². The summed E-state index contributed by atoms with van der Waals surface area (Å²) in [6.07, 6.45) is 0.732. The molecule has 2 aromatic rings. The van der Waals surface area contributed by atoms with Gasteiger partial charge in [0.15, 0.2) is 11.0 Å². The van der Waals surface area contributed by atoms with Crippen molar-refractivity contribution in [3.8, 4) is 0 Å². The SMILES string of the molecule is CCc1cc(=O)[nH]c(SCc2nc(C(C)C)no2)n1. The fourth-order valence-corrected chi connectivity index (χ4v) is 2.16. The van der Waals surface area contributed by atoms with Gasteiger partial charge < -0.3 is 9.51 Å². The standard InChI is InChI=1S/C12H16N4O2S/c1-4-8-5-9(17)14-12(13-8)19-6-10-15-11(7(2)3)16-18-10/h5,7H,4,6H2,1-3H3,(H,13,14,17). The molecule has 0 unspecified atom stereocenters. The Labute approximate surface area is 115 Å². The summed E-state index contributed by atoms with van der Waals surface area (Å²) >= 11 is 1.38. The van der Waals surface area contributed by atoms with Crippen molar-refractivity contribution in [2.45, 2.75) is 44.0 Å². The topological polar surface area (TPSA) is 84.7 Å². The van der Waals surface area contributed by atoms with Gasteiger partial charge in [0.2, 0.25) is 5.89 Å². The van der Waals surface area contributed by atoms with Crippen LogP contribution >= 0.6 is 11.8 Å². The zero-order chi connectivity index (χ0) is 13.8. The molecule has 0 aliphatic heterocycles. The minimum absolute atomic E-state index is 0.136. The van der Waals surface area contributed by atoms with E-state index in [1.807, 2.05) is 20.8 Å². The van der Waals surface area contributed by atoms with E-state index in [9.17, 15) is 4.79 Å². The molecule has 0 aliphatic rings. The maximum Gasteiger partial charge on any atom is 0.251 e. The average molecular weight is 280 g/mol. The number of aromatic nitrogens is 4. The zero-order valence-corrected chi connectivity index (χ0v) is 12.0. The van der Waals surface area contributed by atoms with Crippen molar-refractivity contribution < 1.29 is 4.52 Å². The van der Waals surface area contributed by atoms with Crippen LogP contribution in [0.1, 0.15) is 44.1 Å². The average Bonchev–Trinajstić information content (AvgIpc) is 2.84. The molecule has 19 heavy (non-hydrogen) atoms. The summed E-state index contributed by atoms with van der Waals surface area (Å²) < 4.78 is 5.13. The van der Waals surface area contributed by atoms with Crippen LogP contribution in [0.25, 0.3) is 0 Å². The van der Waals surface area contributed by atoms with Crippen LogP contribution in [-0.4, -0.2) is 20.1 Å². The van der Waals surface area contributed by atoms with E-state index in [0.717, 1.165) is 12.1 Å². The Kier molecular flexibility index (Phi) is 4.36. The van der Waals surface area contributed by atoms with Crippen LogP contribution in [-0.2, 0) is 12.2 Å². The van der Waals surface area contributed by atoms with E-state index in [2.05, 4.69) is 20.1 Å². The Morgan fingerprint density at radius 1 is 1.42 bits per heavy atom. The predicted molar refractivity (Wildman–Crippen MR) is 72.2 cm³/mol. The molecule has 0 bridgehead atoms. The lowest BCUT2D eigenvalue weighted by Gasteiger charge is -2.00. The van der Waals surface area contributed by atoms with E-state index in [1.165, 1.54) is 17.8 Å². The molecule has 0 aliphatic carbocycles. The quantitative estimate of drug-likeness (QED) is 0.667. The van der Waals surface area contributed by atoms with Crippen LogP contribution in [0.3, 0.4) is 0 Å². The van der Waals surface area contributed by atoms with E-state index in [0.29, 0.717) is 22.6 Å². The molecule has 0 radical (unpaired) electrons. The van der Waals surface area contributed by atoms with Crippen molar-refractivity contribution in [3.05, 3.63) is 33.8 Å². The Morgan fingerprint density at radius 3 is 2.84 bits per heavy atom. The van der Waals surface area contributed by atoms with Gasteiger partial charge in [-0.15, -0.1) is 0 Å². The Morgan fingerprint density at radius 2 is 2.21 bits per heavy atom. The molecule has 2 aromatic heterocycles. The van der Waals surface area contributed by atoms with Crippen molar-refractivity contribution in [2.24, 2.45) is 0 Å². The number of H-pyrrole nitrogens is 1. The van der Waals surface area contributed by atoms with Gasteiger partial charge in [0.05, 0.1) is 5.75 Å². The molecule has 102 valence electrons. The van der Waals surface area contributed by atoms with Crippen LogP contribution in [0.15, 0.2) is 20.5 Å². The summed E-state index contributed by atoms with van der Waals surface area (Å²) in [5, 5.41) is 4.46. The van der Waals surface area contributed by atoms with Crippen molar-refractivity contribution in [3.63, 3.8) is 0 Å². The van der Waals surface area contributed by atoms with Crippen LogP contribution in [0.2, 0.25) is 0 Å². The highest BCUT2D eigenvalue weighted by Crippen LogP contribution is 2.18. The number of aryl methyl sites for hydroxylation is 1. The molecule has 0 fully saturated rings. The lowest BCUT2D eigenvalue weighted by atomic mass is 10.2. The van der Waals surface area contributed by atoms with Gasteiger partial charge in [-0.3, -0.25) is 4.79 Å². The molecule has 0 amide bonds. The lowest BCUT2D eigenvalue weighted by Crippen LogP contribution is -2.09. The first-order valence-electron chi connectivity index (χ1n) is 6.14. The van der Waals surface area contributed by atoms with E-state index < -0.39 is 0 Å². The van der Waals surface area contributed by atoms with Crippen LogP contribution in [0.4, 0.5) is 0 Å². The molecular weight excluding hydrogens is 264 g/mol. The second kappa shape index (κ2) is 6.01. The van der Waals surface area contributed by atoms with Gasteiger partial charge in [0.25, 0.3) is 5.56 Å². The van der Waals surface area contributed by atoms with Crippen molar-refractivity contribution in [1.82, 2.24) is 20.1 Å². The number of hydrogen-bond acceptors (Lipinski definition) is 6. The molecule has 2 heterocycles. The van der Waals surface area contributed by atoms with Crippen LogP contribution in [0.5, 0.6) is 0 Å². The van der Waals surface area contributed by atoms with Gasteiger partial charge in [0, 0.05) is 17.7 Å². The van der Waals surface area contributed by atoms with E-state index in [-0.39, 0.29) is 11.5 Å². The Balaban J connectivity index is 2.05. The third-order valence-corrected chi connectivity index (χ3v) is 3.33. The number of thioether (sulfide) groups is 1. The van der Waals surface area contributed by atoms with Crippen molar-refractivity contribution in [2.75, 3.05) is 0 Å². The summed E-state index contributed by atoms with van der Waals surface area (Å²) in [5.41, 5.74) is 0.641. The largest absolute Gasteiger partial charge is 0.338 e. The zero-order valence-electron chi connectivity index (χ0n) is 11.1. The highest BCUT2D eigenvalue weighted by atomic mass is 32.2. The van der Waals surface area contributed by atoms with Crippen molar-refractivity contribution >= 4 is 11.8 Å². The number of hydrogen-bond donors (Lipinski definition) is 1. The number of nitrogens with zero attached hydrogens (tertiary/aromatic N) is 3. The second-order valence-electron chi connectivity index (χ2n) is 4.39. The van der Waals surface area contributed by atoms with Crippen LogP contribution < -0.4 is 5.56 Å². The summed E-state index contributed by atoms with van der Waals surface area (Å²) in [7, 11) is 0. The highest BCUT2D eigenvalue weighted by Gasteiger charge is 2.10. The molecule has 0 aromatic carbocycles. The number of aromatic amines is 1. The first-order chi connectivity index (χ1) is 9.08. The smallest absolute Gasteiger partial charge is 0.251 e. The number of rotatable bonds is 5. The fourth-order valence-electron chi connectivity index (χ4n) is 1.42. The van der Waals surface area contributed by atoms with Gasteiger partial charge >= 0.3 is 0 Å². The fraction of sp³-hybridized carbons (Fsp3) is 0.500. The molecule has 0 spiro atoms. The predicted octanol–water partition coefficient (Wildman–Crippen LogP) is 2.13. The van der Waals surface area contributed by atoms with E-state index >= 15 is 0 Å². The molecule has 2 rings (SSSR count). The van der Waals surface area contributed by atoms with E-state index in [1.54, 1.807) is 0 Å². The summed E-state index contributed by atoms with van der Waals surface area (Å²) in [4.78, 5) is 22.7. The number of nitrogens with one attached hydrogen (secondary N) is 1. The van der Waals surface area contributed by atoms with Crippen molar-refractivity contribution in [1.29, 1.82) is 0 Å². The molecule has 0 saturated heterocycles. The van der Waals surface area contributed by atoms with Gasteiger partial charge in [-0.1, -0.05) is 37.7 Å². The third kappa shape index (κ3) is 3.66. The third-order valence-electron chi connectivity index (χ3n) is 2.47. The maximum absolute atomic E-state index is 11.4.